The quantitative estimate of drug-likeness (QED) is 0.255. The van der Waals surface area contributed by atoms with E-state index < -0.39 is 29.1 Å². The van der Waals surface area contributed by atoms with Crippen LogP contribution in [0.1, 0.15) is 30.2 Å². The molecule has 2 atom stereocenters. The molecule has 5 rings (SSSR count). The largest absolute Gasteiger partial charge is 0.609 e. The maximum Gasteiger partial charge on any atom is 0.341 e. The summed E-state index contributed by atoms with van der Waals surface area (Å²) in [5, 5.41) is 10.4. The summed E-state index contributed by atoms with van der Waals surface area (Å²) >= 11 is -1.70. The van der Waals surface area contributed by atoms with Crippen molar-refractivity contribution in [2.24, 2.45) is 5.92 Å². The lowest BCUT2D eigenvalue weighted by Gasteiger charge is -2.15. The van der Waals surface area contributed by atoms with Crippen molar-refractivity contribution < 1.29 is 28.3 Å². The molecule has 1 N–H and O–H groups in total. The van der Waals surface area contributed by atoms with Crippen molar-refractivity contribution in [3.8, 4) is 5.75 Å². The lowest BCUT2D eigenvalue weighted by molar-refractivity contribution is -0.158. The summed E-state index contributed by atoms with van der Waals surface area (Å²) in [7, 11) is 0. The van der Waals surface area contributed by atoms with Crippen LogP contribution in [0.15, 0.2) is 72.0 Å². The van der Waals surface area contributed by atoms with Gasteiger partial charge in [0.1, 0.15) is 11.6 Å². The molecule has 1 aliphatic carbocycles. The Morgan fingerprint density at radius 3 is 2.78 bits per heavy atom. The smallest absolute Gasteiger partial charge is 0.341 e. The van der Waals surface area contributed by atoms with E-state index in [1.54, 1.807) is 48.7 Å². The fraction of sp³-hybridized carbons (Fsp3) is 0.269. The topological polar surface area (TPSA) is 110 Å². The predicted molar refractivity (Wildman–Crippen MR) is 130 cm³/mol. The molecule has 0 saturated heterocycles. The standard InChI is InChI=1S/C26H24FN3O5S/c27-19-8-9-23-22(12-19)29-26(30(23)16-35-25(32)24(31)18-4-2-1-3-5-18)36(33)15-20-13-21(10-11-28-20)34-14-17-6-7-17/h1-5,8-13,17,24,31H,6-7,14-16H2/t24-,36-/m1/s1. The van der Waals surface area contributed by atoms with Gasteiger partial charge in [-0.25, -0.2) is 13.8 Å². The number of aliphatic hydroxyl groups excluding tert-OH is 1. The first-order valence-electron chi connectivity index (χ1n) is 11.5. The molecule has 0 aliphatic heterocycles. The van der Waals surface area contributed by atoms with E-state index in [1.807, 2.05) is 0 Å². The van der Waals surface area contributed by atoms with Crippen LogP contribution >= 0.6 is 0 Å². The van der Waals surface area contributed by atoms with Gasteiger partial charge in [-0.15, -0.1) is 0 Å². The molecule has 2 aromatic carbocycles. The van der Waals surface area contributed by atoms with Crippen LogP contribution in [0.25, 0.3) is 11.0 Å². The van der Waals surface area contributed by atoms with Gasteiger partial charge in [-0.05, 0) is 42.5 Å². The van der Waals surface area contributed by atoms with Crippen molar-refractivity contribution >= 4 is 28.2 Å². The molecule has 2 heterocycles. The van der Waals surface area contributed by atoms with Crippen LogP contribution in [-0.4, -0.2) is 36.8 Å². The maximum absolute atomic E-state index is 13.8. The highest BCUT2D eigenvalue weighted by Crippen LogP contribution is 2.30. The summed E-state index contributed by atoms with van der Waals surface area (Å²) in [5.41, 5.74) is 1.64. The number of fused-ring (bicyclic) bond motifs is 1. The number of hydrogen-bond acceptors (Lipinski definition) is 7. The van der Waals surface area contributed by atoms with Gasteiger partial charge in [0, 0.05) is 29.5 Å². The lowest BCUT2D eigenvalue weighted by atomic mass is 10.1. The van der Waals surface area contributed by atoms with E-state index in [0.29, 0.717) is 35.0 Å². The molecule has 0 amide bonds. The predicted octanol–water partition coefficient (Wildman–Crippen LogP) is 3.90. The molecule has 1 aliphatic rings. The number of nitrogens with zero attached hydrogens (tertiary/aromatic N) is 3. The average molecular weight is 510 g/mol. The number of aromatic nitrogens is 3. The summed E-state index contributed by atoms with van der Waals surface area (Å²) in [4.78, 5) is 21.1. The summed E-state index contributed by atoms with van der Waals surface area (Å²) < 4.78 is 39.7. The Hall–Kier alpha value is -3.47. The molecule has 1 fully saturated rings. The van der Waals surface area contributed by atoms with E-state index in [-0.39, 0.29) is 23.2 Å². The van der Waals surface area contributed by atoms with E-state index in [0.717, 1.165) is 0 Å². The fourth-order valence-corrected chi connectivity index (χ4v) is 4.83. The summed E-state index contributed by atoms with van der Waals surface area (Å²) in [6.45, 7) is 0.290. The molecule has 36 heavy (non-hydrogen) atoms. The van der Waals surface area contributed by atoms with Crippen molar-refractivity contribution in [1.29, 1.82) is 0 Å². The number of esters is 1. The van der Waals surface area contributed by atoms with Crippen LogP contribution in [0.3, 0.4) is 0 Å². The van der Waals surface area contributed by atoms with Crippen molar-refractivity contribution in [3.05, 3.63) is 83.9 Å². The molecule has 1 saturated carbocycles. The molecule has 186 valence electrons. The van der Waals surface area contributed by atoms with Gasteiger partial charge in [-0.2, -0.15) is 4.98 Å². The highest BCUT2D eigenvalue weighted by atomic mass is 32.2. The van der Waals surface area contributed by atoms with Crippen LogP contribution in [0, 0.1) is 11.7 Å². The van der Waals surface area contributed by atoms with Crippen molar-refractivity contribution in [3.63, 3.8) is 0 Å². The third-order valence-electron chi connectivity index (χ3n) is 5.80. The molecule has 2 aromatic heterocycles. The maximum atomic E-state index is 13.8. The molecule has 8 nitrogen and oxygen atoms in total. The van der Waals surface area contributed by atoms with Crippen LogP contribution in [-0.2, 0) is 33.2 Å². The van der Waals surface area contributed by atoms with Crippen molar-refractivity contribution in [1.82, 2.24) is 14.5 Å². The number of ether oxygens (including phenoxy) is 2. The normalized spacial score (nSPS) is 15.0. The molecule has 10 heteroatoms. The summed E-state index contributed by atoms with van der Waals surface area (Å²) in [6, 6.07) is 15.8. The number of pyridine rings is 1. The Bertz CT molecular complexity index is 1360. The minimum atomic E-state index is -1.70. The minimum absolute atomic E-state index is 0.0347. The second-order valence-corrected chi connectivity index (χ2v) is 9.93. The molecule has 0 radical (unpaired) electrons. The van der Waals surface area contributed by atoms with Crippen LogP contribution < -0.4 is 4.74 Å². The molecule has 0 unspecified atom stereocenters. The first kappa shape index (κ1) is 24.2. The first-order chi connectivity index (χ1) is 17.5. The van der Waals surface area contributed by atoms with E-state index >= 15 is 0 Å². The molecule has 4 aromatic rings. The Morgan fingerprint density at radius 1 is 1.19 bits per heavy atom. The molecular formula is C26H24FN3O5S. The zero-order valence-corrected chi connectivity index (χ0v) is 20.1. The van der Waals surface area contributed by atoms with E-state index in [4.69, 9.17) is 9.47 Å². The highest BCUT2D eigenvalue weighted by Gasteiger charge is 2.26. The van der Waals surface area contributed by atoms with Crippen LogP contribution in [0.2, 0.25) is 0 Å². The number of rotatable bonds is 10. The van der Waals surface area contributed by atoms with Crippen molar-refractivity contribution in [2.45, 2.75) is 36.6 Å². The minimum Gasteiger partial charge on any atom is -0.609 e. The third kappa shape index (κ3) is 5.67. The van der Waals surface area contributed by atoms with Gasteiger partial charge in [0.2, 0.25) is 0 Å². The number of carbonyl (C=O) groups is 1. The van der Waals surface area contributed by atoms with Gasteiger partial charge in [0.15, 0.2) is 18.6 Å². The number of halogens is 1. The van der Waals surface area contributed by atoms with Gasteiger partial charge in [-0.3, -0.25) is 4.98 Å². The first-order valence-corrected chi connectivity index (χ1v) is 12.8. The molecule has 0 spiro atoms. The average Bonchev–Trinajstić information content (AvgIpc) is 3.66. The molecular weight excluding hydrogens is 485 g/mol. The Labute approximate surface area is 209 Å². The van der Waals surface area contributed by atoms with Gasteiger partial charge in [0.05, 0.1) is 23.3 Å². The summed E-state index contributed by atoms with van der Waals surface area (Å²) in [6.07, 6.45) is 2.46. The van der Waals surface area contributed by atoms with Crippen LogP contribution in [0.5, 0.6) is 5.75 Å². The van der Waals surface area contributed by atoms with Gasteiger partial charge < -0.3 is 19.1 Å². The van der Waals surface area contributed by atoms with Gasteiger partial charge in [-0.1, -0.05) is 30.3 Å². The number of imidazole rings is 1. The van der Waals surface area contributed by atoms with Crippen molar-refractivity contribution in [2.75, 3.05) is 6.61 Å². The highest BCUT2D eigenvalue weighted by molar-refractivity contribution is 7.90. The number of carbonyl (C=O) groups excluding carboxylic acids is 1. The second kappa shape index (κ2) is 10.7. The lowest BCUT2D eigenvalue weighted by Crippen LogP contribution is -2.20. The zero-order valence-electron chi connectivity index (χ0n) is 19.2. The van der Waals surface area contributed by atoms with Crippen LogP contribution in [0.4, 0.5) is 4.39 Å². The summed E-state index contributed by atoms with van der Waals surface area (Å²) in [5.74, 6) is -0.0813. The third-order valence-corrected chi connectivity index (χ3v) is 7.08. The number of benzene rings is 2. The fourth-order valence-electron chi connectivity index (χ4n) is 3.68. The molecule has 0 bridgehead atoms. The monoisotopic (exact) mass is 509 g/mol. The second-order valence-electron chi connectivity index (χ2n) is 8.59. The van der Waals surface area contributed by atoms with E-state index in [1.165, 1.54) is 35.6 Å². The zero-order chi connectivity index (χ0) is 25.1. The number of hydrogen-bond donors (Lipinski definition) is 1. The van der Waals surface area contributed by atoms with E-state index in [2.05, 4.69) is 9.97 Å². The van der Waals surface area contributed by atoms with Gasteiger partial charge >= 0.3 is 11.1 Å². The SMILES string of the molecule is O=C(OCn1c([S@+]([O-])Cc2cc(OCC3CC3)ccn2)nc2cc(F)ccc21)[C@H](O)c1ccccc1. The Balaban J connectivity index is 1.35. The Kier molecular flexibility index (Phi) is 7.17. The van der Waals surface area contributed by atoms with E-state index in [9.17, 15) is 18.8 Å². The number of aliphatic hydroxyl groups is 1. The Morgan fingerprint density at radius 2 is 2.00 bits per heavy atom. The van der Waals surface area contributed by atoms with Gasteiger partial charge in [0.25, 0.3) is 0 Å².